The fraction of sp³-hybridized carbons (Fsp3) is 0.240. The van der Waals surface area contributed by atoms with Crippen LogP contribution in [0, 0.1) is 0 Å². The summed E-state index contributed by atoms with van der Waals surface area (Å²) in [6.07, 6.45) is 7.65. The lowest BCUT2D eigenvalue weighted by atomic mass is 10.00. The molecule has 0 radical (unpaired) electrons. The maximum absolute atomic E-state index is 13.1. The minimum absolute atomic E-state index is 0.0952. The lowest BCUT2D eigenvalue weighted by molar-refractivity contribution is 0.0911. The number of β-amino-alcohol motifs (C(OH)–C–C–N with tert-alkyl or cyclic N) is 1. The van der Waals surface area contributed by atoms with Gasteiger partial charge in [-0.15, -0.1) is 0 Å². The van der Waals surface area contributed by atoms with Gasteiger partial charge in [0.05, 0.1) is 18.3 Å². The standard InChI is InChI=1S/C25H27N5O2/c31-23(16-29-11-8-18-3-1-2-4-20(18)15-29)17-30-12-9-19-5-6-21(13-24(19)25(30)32)28-22-7-10-26-27-14-22/h1-7,9-10,12-14,23,26-28,31H,8,11,15-17H2. The van der Waals surface area contributed by atoms with E-state index in [1.807, 2.05) is 36.5 Å². The molecule has 1 aromatic heterocycles. The summed E-state index contributed by atoms with van der Waals surface area (Å²) in [4.78, 5) is 15.4. The summed E-state index contributed by atoms with van der Waals surface area (Å²) in [6.45, 7) is 2.57. The number of aromatic nitrogens is 1. The van der Waals surface area contributed by atoms with E-state index in [9.17, 15) is 9.90 Å². The second kappa shape index (κ2) is 8.90. The van der Waals surface area contributed by atoms with Gasteiger partial charge in [0.2, 0.25) is 0 Å². The summed E-state index contributed by atoms with van der Waals surface area (Å²) in [5.41, 5.74) is 10.1. The van der Waals surface area contributed by atoms with Crippen molar-refractivity contribution in [2.24, 2.45) is 0 Å². The molecule has 0 spiro atoms. The molecule has 32 heavy (non-hydrogen) atoms. The van der Waals surface area contributed by atoms with Crippen LogP contribution < -0.4 is 21.7 Å². The molecule has 7 nitrogen and oxygen atoms in total. The summed E-state index contributed by atoms with van der Waals surface area (Å²) >= 11 is 0. The monoisotopic (exact) mass is 429 g/mol. The first-order valence-electron chi connectivity index (χ1n) is 10.9. The molecule has 5 rings (SSSR count). The van der Waals surface area contributed by atoms with E-state index in [-0.39, 0.29) is 12.1 Å². The average molecular weight is 430 g/mol. The fourth-order valence-corrected chi connectivity index (χ4v) is 4.39. The Labute approximate surface area is 186 Å². The van der Waals surface area contributed by atoms with Crippen LogP contribution in [0.5, 0.6) is 0 Å². The number of allylic oxidation sites excluding steroid dienone is 1. The van der Waals surface area contributed by atoms with E-state index in [4.69, 9.17) is 0 Å². The first-order chi connectivity index (χ1) is 15.7. The Morgan fingerprint density at radius 3 is 2.78 bits per heavy atom. The number of aliphatic hydroxyl groups is 1. The topological polar surface area (TPSA) is 81.6 Å². The van der Waals surface area contributed by atoms with Crippen molar-refractivity contribution in [3.05, 3.63) is 100 Å². The van der Waals surface area contributed by atoms with Crippen molar-refractivity contribution in [3.8, 4) is 0 Å². The number of hydrogen-bond donors (Lipinski definition) is 4. The second-order valence-electron chi connectivity index (χ2n) is 8.33. The van der Waals surface area contributed by atoms with Crippen LogP contribution in [0.15, 0.2) is 83.7 Å². The smallest absolute Gasteiger partial charge is 0.258 e. The zero-order valence-corrected chi connectivity index (χ0v) is 17.8. The molecule has 164 valence electrons. The SMILES string of the molecule is O=c1c2cc(NC3=CNNC=C3)ccc2ccn1CC(O)CN1CCc2ccccc2C1. The molecule has 0 bridgehead atoms. The van der Waals surface area contributed by atoms with Crippen LogP contribution in [-0.2, 0) is 19.5 Å². The van der Waals surface area contributed by atoms with E-state index in [0.717, 1.165) is 36.3 Å². The number of hydrazine groups is 1. The first kappa shape index (κ1) is 20.4. The molecule has 0 saturated carbocycles. The lowest BCUT2D eigenvalue weighted by Gasteiger charge is -2.30. The zero-order valence-electron chi connectivity index (χ0n) is 17.8. The predicted octanol–water partition coefficient (Wildman–Crippen LogP) is 2.30. The molecule has 1 atom stereocenters. The van der Waals surface area contributed by atoms with E-state index >= 15 is 0 Å². The van der Waals surface area contributed by atoms with Crippen molar-refractivity contribution >= 4 is 16.5 Å². The third-order valence-electron chi connectivity index (χ3n) is 6.01. The number of nitrogens with one attached hydrogen (secondary N) is 3. The number of rotatable bonds is 6. The van der Waals surface area contributed by atoms with Gasteiger partial charge in [-0.25, -0.2) is 0 Å². The van der Waals surface area contributed by atoms with Crippen molar-refractivity contribution in [2.45, 2.75) is 25.6 Å². The highest BCUT2D eigenvalue weighted by Gasteiger charge is 2.19. The minimum Gasteiger partial charge on any atom is -0.390 e. The number of pyridine rings is 1. The van der Waals surface area contributed by atoms with Crippen molar-refractivity contribution in [1.82, 2.24) is 20.3 Å². The lowest BCUT2D eigenvalue weighted by Crippen LogP contribution is -2.39. The number of aliphatic hydroxyl groups excluding tert-OH is 1. The van der Waals surface area contributed by atoms with E-state index < -0.39 is 6.10 Å². The molecule has 3 heterocycles. The summed E-state index contributed by atoms with van der Waals surface area (Å²) in [6, 6.07) is 16.1. The molecule has 1 unspecified atom stereocenters. The minimum atomic E-state index is -0.618. The Balaban J connectivity index is 1.29. The quantitative estimate of drug-likeness (QED) is 0.482. The predicted molar refractivity (Wildman–Crippen MR) is 127 cm³/mol. The molecule has 3 aromatic rings. The number of anilines is 1. The van der Waals surface area contributed by atoms with E-state index in [0.29, 0.717) is 11.9 Å². The van der Waals surface area contributed by atoms with Crippen LogP contribution in [0.4, 0.5) is 5.69 Å². The molecule has 2 aliphatic heterocycles. The number of hydrogen-bond acceptors (Lipinski definition) is 6. The van der Waals surface area contributed by atoms with Crippen molar-refractivity contribution in [1.29, 1.82) is 0 Å². The normalized spacial score (nSPS) is 16.6. The molecular formula is C25H27N5O2. The molecular weight excluding hydrogens is 402 g/mol. The molecule has 7 heteroatoms. The Hall–Kier alpha value is -3.55. The van der Waals surface area contributed by atoms with Gasteiger partial charge >= 0.3 is 0 Å². The van der Waals surface area contributed by atoms with Crippen LogP contribution in [-0.4, -0.2) is 33.8 Å². The maximum atomic E-state index is 13.1. The van der Waals surface area contributed by atoms with Crippen LogP contribution in [0.1, 0.15) is 11.1 Å². The van der Waals surface area contributed by atoms with Gasteiger partial charge in [-0.05, 0) is 47.2 Å². The number of benzene rings is 2. The highest BCUT2D eigenvalue weighted by molar-refractivity contribution is 5.85. The van der Waals surface area contributed by atoms with Gasteiger partial charge in [0, 0.05) is 49.3 Å². The van der Waals surface area contributed by atoms with Gasteiger partial charge in [-0.2, -0.15) is 0 Å². The van der Waals surface area contributed by atoms with Crippen LogP contribution in [0.25, 0.3) is 10.8 Å². The van der Waals surface area contributed by atoms with Crippen molar-refractivity contribution in [3.63, 3.8) is 0 Å². The van der Waals surface area contributed by atoms with Gasteiger partial charge in [0.1, 0.15) is 0 Å². The van der Waals surface area contributed by atoms with Gasteiger partial charge in [0.25, 0.3) is 5.56 Å². The van der Waals surface area contributed by atoms with Gasteiger partial charge in [-0.1, -0.05) is 30.3 Å². The van der Waals surface area contributed by atoms with E-state index in [1.165, 1.54) is 11.1 Å². The van der Waals surface area contributed by atoms with Gasteiger partial charge in [-0.3, -0.25) is 9.69 Å². The maximum Gasteiger partial charge on any atom is 0.258 e. The molecule has 0 amide bonds. The molecule has 4 N–H and O–H groups in total. The van der Waals surface area contributed by atoms with Crippen LogP contribution in [0.2, 0.25) is 0 Å². The van der Waals surface area contributed by atoms with Crippen LogP contribution in [0.3, 0.4) is 0 Å². The fourth-order valence-electron chi connectivity index (χ4n) is 4.39. The molecule has 0 aliphatic carbocycles. The third-order valence-corrected chi connectivity index (χ3v) is 6.01. The molecule has 0 fully saturated rings. The molecule has 0 saturated heterocycles. The number of fused-ring (bicyclic) bond motifs is 2. The number of nitrogens with zero attached hydrogens (tertiary/aromatic N) is 2. The molecule has 2 aromatic carbocycles. The summed E-state index contributed by atoms with van der Waals surface area (Å²) < 4.78 is 1.61. The van der Waals surface area contributed by atoms with Gasteiger partial charge in [0.15, 0.2) is 0 Å². The first-order valence-corrected chi connectivity index (χ1v) is 10.9. The molecule has 2 aliphatic rings. The third kappa shape index (κ3) is 4.39. The Kier molecular flexibility index (Phi) is 5.66. The highest BCUT2D eigenvalue weighted by Crippen LogP contribution is 2.20. The van der Waals surface area contributed by atoms with E-state index in [2.05, 4.69) is 45.3 Å². The van der Waals surface area contributed by atoms with E-state index in [1.54, 1.807) is 17.0 Å². The van der Waals surface area contributed by atoms with Crippen molar-refractivity contribution in [2.75, 3.05) is 18.4 Å². The van der Waals surface area contributed by atoms with Crippen molar-refractivity contribution < 1.29 is 5.11 Å². The summed E-state index contributed by atoms with van der Waals surface area (Å²) in [5.74, 6) is 0. The Morgan fingerprint density at radius 2 is 1.94 bits per heavy atom. The summed E-state index contributed by atoms with van der Waals surface area (Å²) in [5, 5.41) is 15.5. The van der Waals surface area contributed by atoms with Gasteiger partial charge < -0.3 is 25.8 Å². The average Bonchev–Trinajstić information content (AvgIpc) is 2.82. The Morgan fingerprint density at radius 1 is 1.06 bits per heavy atom. The highest BCUT2D eigenvalue weighted by atomic mass is 16.3. The Bertz CT molecular complexity index is 1250. The summed E-state index contributed by atoms with van der Waals surface area (Å²) in [7, 11) is 0. The van der Waals surface area contributed by atoms with Crippen LogP contribution >= 0.6 is 0 Å². The second-order valence-corrected chi connectivity index (χ2v) is 8.33. The largest absolute Gasteiger partial charge is 0.390 e. The zero-order chi connectivity index (χ0) is 21.9.